The van der Waals surface area contributed by atoms with E-state index in [1.807, 2.05) is 18.2 Å². The van der Waals surface area contributed by atoms with Crippen molar-refractivity contribution in [1.82, 2.24) is 9.78 Å². The molecule has 148 valence electrons. The van der Waals surface area contributed by atoms with Gasteiger partial charge in [-0.15, -0.1) is 0 Å². The van der Waals surface area contributed by atoms with Crippen molar-refractivity contribution in [3.05, 3.63) is 86.2 Å². The largest absolute Gasteiger partial charge is 0.322 e. The van der Waals surface area contributed by atoms with Gasteiger partial charge in [-0.25, -0.2) is 0 Å². The molecule has 1 aliphatic rings. The lowest BCUT2D eigenvalue weighted by Gasteiger charge is -2.09. The first-order valence-corrected chi connectivity index (χ1v) is 9.63. The molecule has 2 aromatic carbocycles. The van der Waals surface area contributed by atoms with Gasteiger partial charge in [0.25, 0.3) is 5.91 Å². The van der Waals surface area contributed by atoms with E-state index in [1.54, 1.807) is 30.7 Å². The third kappa shape index (κ3) is 3.76. The lowest BCUT2D eigenvalue weighted by molar-refractivity contribution is -0.386. The Morgan fingerprint density at radius 2 is 1.86 bits per heavy atom. The van der Waals surface area contributed by atoms with Crippen LogP contribution in [0.3, 0.4) is 0 Å². The van der Waals surface area contributed by atoms with Crippen molar-refractivity contribution in [3.8, 4) is 0 Å². The van der Waals surface area contributed by atoms with Crippen LogP contribution < -0.4 is 5.32 Å². The minimum absolute atomic E-state index is 0.0512. The average Bonchev–Trinajstić information content (AvgIpc) is 3.26. The number of benzene rings is 2. The third-order valence-electron chi connectivity index (χ3n) is 5.43. The van der Waals surface area contributed by atoms with Crippen molar-refractivity contribution in [1.29, 1.82) is 0 Å². The van der Waals surface area contributed by atoms with Gasteiger partial charge in [0.05, 0.1) is 11.5 Å². The molecule has 0 fully saturated rings. The maximum atomic E-state index is 12.6. The summed E-state index contributed by atoms with van der Waals surface area (Å²) in [6, 6.07) is 13.3. The van der Waals surface area contributed by atoms with Crippen LogP contribution in [0.1, 0.15) is 44.9 Å². The van der Waals surface area contributed by atoms with E-state index in [1.165, 1.54) is 17.5 Å². The van der Waals surface area contributed by atoms with Crippen molar-refractivity contribution in [2.75, 3.05) is 5.32 Å². The summed E-state index contributed by atoms with van der Waals surface area (Å²) >= 11 is 0. The standard InChI is InChI=1S/C22H22N4O3/c1-14-21(26(28)29)15(2)25(24-14)13-16-6-8-18(9-7-16)22(27)23-20-11-10-17-4-3-5-19(17)12-20/h6-12H,3-5,13H2,1-2H3,(H,23,27). The summed E-state index contributed by atoms with van der Waals surface area (Å²) in [6.07, 6.45) is 3.36. The Morgan fingerprint density at radius 1 is 1.14 bits per heavy atom. The first-order valence-electron chi connectivity index (χ1n) is 9.63. The fraction of sp³-hybridized carbons (Fsp3) is 0.273. The van der Waals surface area contributed by atoms with E-state index in [0.717, 1.165) is 24.1 Å². The number of nitro groups is 1. The molecule has 4 rings (SSSR count). The van der Waals surface area contributed by atoms with Crippen molar-refractivity contribution in [2.24, 2.45) is 0 Å². The summed E-state index contributed by atoms with van der Waals surface area (Å²) in [5, 5.41) is 18.4. The number of hydrogen-bond acceptors (Lipinski definition) is 4. The highest BCUT2D eigenvalue weighted by molar-refractivity contribution is 6.04. The Balaban J connectivity index is 1.46. The van der Waals surface area contributed by atoms with Gasteiger partial charge >= 0.3 is 5.69 Å². The van der Waals surface area contributed by atoms with Crippen LogP contribution in [-0.2, 0) is 19.4 Å². The van der Waals surface area contributed by atoms with Gasteiger partial charge in [-0.3, -0.25) is 19.6 Å². The van der Waals surface area contributed by atoms with Crippen molar-refractivity contribution < 1.29 is 9.72 Å². The summed E-state index contributed by atoms with van der Waals surface area (Å²) < 4.78 is 1.62. The summed E-state index contributed by atoms with van der Waals surface area (Å²) in [5.41, 5.74) is 5.95. The topological polar surface area (TPSA) is 90.1 Å². The minimum atomic E-state index is -0.402. The van der Waals surface area contributed by atoms with Gasteiger partial charge < -0.3 is 5.32 Å². The summed E-state index contributed by atoms with van der Waals surface area (Å²) in [4.78, 5) is 23.3. The van der Waals surface area contributed by atoms with Gasteiger partial charge in [-0.2, -0.15) is 5.10 Å². The SMILES string of the molecule is Cc1nn(Cc2ccc(C(=O)Nc3ccc4c(c3)CCC4)cc2)c(C)c1[N+](=O)[O-]. The van der Waals surface area contributed by atoms with E-state index in [9.17, 15) is 14.9 Å². The molecule has 0 spiro atoms. The molecule has 0 radical (unpaired) electrons. The first kappa shape index (κ1) is 18.9. The predicted molar refractivity (Wildman–Crippen MR) is 110 cm³/mol. The molecule has 7 heteroatoms. The van der Waals surface area contributed by atoms with Crippen molar-refractivity contribution in [2.45, 2.75) is 39.7 Å². The summed E-state index contributed by atoms with van der Waals surface area (Å²) in [7, 11) is 0. The number of fused-ring (bicyclic) bond motifs is 1. The monoisotopic (exact) mass is 390 g/mol. The molecule has 0 atom stereocenters. The van der Waals surface area contributed by atoms with Crippen molar-refractivity contribution >= 4 is 17.3 Å². The molecule has 0 aliphatic heterocycles. The molecule has 1 heterocycles. The number of nitrogens with one attached hydrogen (secondary N) is 1. The number of amides is 1. The molecule has 29 heavy (non-hydrogen) atoms. The number of carbonyl (C=O) groups excluding carboxylic acids is 1. The van der Waals surface area contributed by atoms with Gasteiger partial charge in [-0.1, -0.05) is 18.2 Å². The van der Waals surface area contributed by atoms with E-state index < -0.39 is 4.92 Å². The maximum absolute atomic E-state index is 12.6. The number of nitrogens with zero attached hydrogens (tertiary/aromatic N) is 3. The van der Waals surface area contributed by atoms with E-state index in [0.29, 0.717) is 23.5 Å². The second-order valence-electron chi connectivity index (χ2n) is 7.42. The Hall–Kier alpha value is -3.48. The molecule has 0 bridgehead atoms. The highest BCUT2D eigenvalue weighted by Crippen LogP contribution is 2.25. The lowest BCUT2D eigenvalue weighted by Crippen LogP contribution is -2.12. The van der Waals surface area contributed by atoms with Crippen LogP contribution in [0.5, 0.6) is 0 Å². The zero-order valence-corrected chi connectivity index (χ0v) is 16.4. The molecule has 1 aliphatic carbocycles. The second kappa shape index (κ2) is 7.50. The summed E-state index contributed by atoms with van der Waals surface area (Å²) in [6.45, 7) is 3.73. The van der Waals surface area contributed by atoms with Gasteiger partial charge in [-0.05, 0) is 74.1 Å². The van der Waals surface area contributed by atoms with Crippen molar-refractivity contribution in [3.63, 3.8) is 0 Å². The van der Waals surface area contributed by atoms with Crippen LogP contribution in [-0.4, -0.2) is 20.6 Å². The number of rotatable bonds is 5. The van der Waals surface area contributed by atoms with Gasteiger partial charge in [0, 0.05) is 11.3 Å². The van der Waals surface area contributed by atoms with Crippen LogP contribution in [0.2, 0.25) is 0 Å². The summed E-state index contributed by atoms with van der Waals surface area (Å²) in [5.74, 6) is -0.156. The molecule has 0 saturated carbocycles. The minimum Gasteiger partial charge on any atom is -0.322 e. The number of aromatic nitrogens is 2. The number of hydrogen-bond donors (Lipinski definition) is 1. The molecule has 0 saturated heterocycles. The molecular weight excluding hydrogens is 368 g/mol. The van der Waals surface area contributed by atoms with Gasteiger partial charge in [0.1, 0.15) is 11.4 Å². The number of aryl methyl sites for hydroxylation is 3. The molecule has 7 nitrogen and oxygen atoms in total. The average molecular weight is 390 g/mol. The van der Waals surface area contributed by atoms with E-state index in [4.69, 9.17) is 0 Å². The Bertz CT molecular complexity index is 1100. The number of carbonyl (C=O) groups is 1. The smallest absolute Gasteiger partial charge is 0.312 e. The van der Waals surface area contributed by atoms with E-state index >= 15 is 0 Å². The maximum Gasteiger partial charge on any atom is 0.312 e. The Morgan fingerprint density at radius 3 is 2.55 bits per heavy atom. The zero-order chi connectivity index (χ0) is 20.5. The van der Waals surface area contributed by atoms with E-state index in [2.05, 4.69) is 22.5 Å². The molecule has 0 unspecified atom stereocenters. The van der Waals surface area contributed by atoms with Gasteiger partial charge in [0.15, 0.2) is 0 Å². The van der Waals surface area contributed by atoms with Gasteiger partial charge in [0.2, 0.25) is 0 Å². The van der Waals surface area contributed by atoms with Crippen LogP contribution >= 0.6 is 0 Å². The first-order chi connectivity index (χ1) is 13.9. The Kier molecular flexibility index (Phi) is 4.88. The predicted octanol–water partition coefficient (Wildman–Crippen LogP) is 4.20. The quantitative estimate of drug-likeness (QED) is 0.522. The highest BCUT2D eigenvalue weighted by atomic mass is 16.6. The second-order valence-corrected chi connectivity index (χ2v) is 7.42. The van der Waals surface area contributed by atoms with Crippen LogP contribution in [0.4, 0.5) is 11.4 Å². The van der Waals surface area contributed by atoms with Crippen LogP contribution in [0.15, 0.2) is 42.5 Å². The normalized spacial score (nSPS) is 12.6. The molecule has 1 N–H and O–H groups in total. The highest BCUT2D eigenvalue weighted by Gasteiger charge is 2.21. The number of anilines is 1. The van der Waals surface area contributed by atoms with Crippen LogP contribution in [0.25, 0.3) is 0 Å². The molecule has 1 amide bonds. The lowest BCUT2D eigenvalue weighted by atomic mass is 10.1. The molecular formula is C22H22N4O3. The zero-order valence-electron chi connectivity index (χ0n) is 16.4. The Labute approximate surface area is 168 Å². The van der Waals surface area contributed by atoms with Crippen LogP contribution in [0, 0.1) is 24.0 Å². The molecule has 1 aromatic heterocycles. The van der Waals surface area contributed by atoms with E-state index in [-0.39, 0.29) is 11.6 Å². The molecule has 3 aromatic rings. The fourth-order valence-electron chi connectivity index (χ4n) is 3.89. The third-order valence-corrected chi connectivity index (χ3v) is 5.43. The fourth-order valence-corrected chi connectivity index (χ4v) is 3.89.